The van der Waals surface area contributed by atoms with E-state index in [4.69, 9.17) is 9.84 Å². The quantitative estimate of drug-likeness (QED) is 0.790. The van der Waals surface area contributed by atoms with Crippen molar-refractivity contribution in [1.29, 1.82) is 0 Å². The largest absolute Gasteiger partial charge is 0.446 e. The molecule has 5 nitrogen and oxygen atoms in total. The Balaban J connectivity index is 1.90. The van der Waals surface area contributed by atoms with E-state index in [9.17, 15) is 4.79 Å². The lowest BCUT2D eigenvalue weighted by Crippen LogP contribution is -2.59. The fourth-order valence-corrected chi connectivity index (χ4v) is 2.51. The topological polar surface area (TPSA) is 53.0 Å². The molecule has 0 unspecified atom stereocenters. The molecule has 2 fully saturated rings. The molecule has 1 N–H and O–H groups in total. The summed E-state index contributed by atoms with van der Waals surface area (Å²) >= 11 is 0. The molecule has 1 amide bonds. The zero-order valence-corrected chi connectivity index (χ0v) is 10.6. The third-order valence-electron chi connectivity index (χ3n) is 3.41. The first kappa shape index (κ1) is 12.6. The second-order valence-electron chi connectivity index (χ2n) is 5.17. The second kappa shape index (κ2) is 5.23. The Morgan fingerprint density at radius 2 is 1.88 bits per heavy atom. The number of carbonyl (C=O) groups is 1. The van der Waals surface area contributed by atoms with Crippen molar-refractivity contribution >= 4 is 6.09 Å². The number of hydrogen-bond donors (Lipinski definition) is 1. The van der Waals surface area contributed by atoms with E-state index in [0.717, 1.165) is 25.9 Å². The maximum Gasteiger partial charge on any atom is 0.410 e. The molecule has 0 bridgehead atoms. The van der Waals surface area contributed by atoms with Crippen molar-refractivity contribution in [2.45, 2.75) is 44.9 Å². The SMILES string of the molecule is C[C@@H]1CN(CCO)C[C@H](C)N1C(=O)OC1CC1. The van der Waals surface area contributed by atoms with Crippen LogP contribution in [0.25, 0.3) is 0 Å². The summed E-state index contributed by atoms with van der Waals surface area (Å²) in [4.78, 5) is 16.0. The van der Waals surface area contributed by atoms with Crippen LogP contribution in [-0.2, 0) is 4.74 Å². The predicted molar refractivity (Wildman–Crippen MR) is 63.8 cm³/mol. The first-order valence-electron chi connectivity index (χ1n) is 6.44. The number of hydrogen-bond acceptors (Lipinski definition) is 4. The van der Waals surface area contributed by atoms with Crippen LogP contribution in [-0.4, -0.2) is 65.4 Å². The highest BCUT2D eigenvalue weighted by Gasteiger charge is 2.36. The zero-order valence-electron chi connectivity index (χ0n) is 10.6. The number of carbonyl (C=O) groups excluding carboxylic acids is 1. The third-order valence-corrected chi connectivity index (χ3v) is 3.41. The number of rotatable bonds is 3. The van der Waals surface area contributed by atoms with E-state index in [2.05, 4.69) is 4.90 Å². The van der Waals surface area contributed by atoms with Gasteiger partial charge in [0.2, 0.25) is 0 Å². The normalized spacial score (nSPS) is 30.4. The van der Waals surface area contributed by atoms with Gasteiger partial charge >= 0.3 is 6.09 Å². The van der Waals surface area contributed by atoms with Gasteiger partial charge in [-0.2, -0.15) is 0 Å². The van der Waals surface area contributed by atoms with Crippen LogP contribution in [0.2, 0.25) is 0 Å². The van der Waals surface area contributed by atoms with Gasteiger partial charge in [0.1, 0.15) is 6.10 Å². The molecule has 2 atom stereocenters. The van der Waals surface area contributed by atoms with Crippen LogP contribution in [0.4, 0.5) is 4.79 Å². The van der Waals surface area contributed by atoms with E-state index < -0.39 is 0 Å². The maximum absolute atomic E-state index is 12.0. The molecule has 5 heteroatoms. The van der Waals surface area contributed by atoms with Gasteiger partial charge in [-0.3, -0.25) is 4.90 Å². The smallest absolute Gasteiger partial charge is 0.410 e. The summed E-state index contributed by atoms with van der Waals surface area (Å²) in [6.07, 6.45) is 2.02. The number of β-amino-alcohol motifs (C(OH)–C–C–N with tert-alkyl or cyclic N) is 1. The van der Waals surface area contributed by atoms with Gasteiger partial charge in [-0.05, 0) is 26.7 Å². The van der Waals surface area contributed by atoms with E-state index in [-0.39, 0.29) is 30.9 Å². The molecule has 0 spiro atoms. The lowest BCUT2D eigenvalue weighted by atomic mass is 10.1. The van der Waals surface area contributed by atoms with Crippen LogP contribution < -0.4 is 0 Å². The number of amides is 1. The van der Waals surface area contributed by atoms with E-state index in [1.165, 1.54) is 0 Å². The monoisotopic (exact) mass is 242 g/mol. The molecule has 0 radical (unpaired) electrons. The van der Waals surface area contributed by atoms with Crippen molar-refractivity contribution in [2.24, 2.45) is 0 Å². The molecule has 1 aliphatic heterocycles. The molecule has 17 heavy (non-hydrogen) atoms. The fraction of sp³-hybridized carbons (Fsp3) is 0.917. The maximum atomic E-state index is 12.0. The van der Waals surface area contributed by atoms with Gasteiger partial charge in [0.05, 0.1) is 6.61 Å². The molecular formula is C12H22N2O3. The van der Waals surface area contributed by atoms with E-state index in [0.29, 0.717) is 6.54 Å². The van der Waals surface area contributed by atoms with Crippen LogP contribution >= 0.6 is 0 Å². The molecule has 0 aromatic rings. The summed E-state index contributed by atoms with van der Waals surface area (Å²) in [7, 11) is 0. The van der Waals surface area contributed by atoms with E-state index >= 15 is 0 Å². The molecule has 2 rings (SSSR count). The van der Waals surface area contributed by atoms with Gasteiger partial charge < -0.3 is 14.7 Å². The average molecular weight is 242 g/mol. The van der Waals surface area contributed by atoms with Crippen molar-refractivity contribution in [3.8, 4) is 0 Å². The molecule has 0 aromatic heterocycles. The van der Waals surface area contributed by atoms with Gasteiger partial charge in [-0.1, -0.05) is 0 Å². The van der Waals surface area contributed by atoms with Crippen LogP contribution in [0.3, 0.4) is 0 Å². The summed E-state index contributed by atoms with van der Waals surface area (Å²) in [6.45, 7) is 6.55. The van der Waals surface area contributed by atoms with Crippen molar-refractivity contribution in [1.82, 2.24) is 9.80 Å². The fourth-order valence-electron chi connectivity index (χ4n) is 2.51. The molecule has 1 aliphatic carbocycles. The van der Waals surface area contributed by atoms with Gasteiger partial charge in [-0.15, -0.1) is 0 Å². The summed E-state index contributed by atoms with van der Waals surface area (Å²) in [6, 6.07) is 0.299. The highest BCUT2D eigenvalue weighted by Crippen LogP contribution is 2.26. The van der Waals surface area contributed by atoms with Gasteiger partial charge in [-0.25, -0.2) is 4.79 Å². The Kier molecular flexibility index (Phi) is 3.89. The van der Waals surface area contributed by atoms with E-state index in [1.54, 1.807) is 0 Å². The number of aliphatic hydroxyl groups excluding tert-OH is 1. The first-order chi connectivity index (χ1) is 8.11. The third kappa shape index (κ3) is 3.10. The lowest BCUT2D eigenvalue weighted by molar-refractivity contribution is 0.0169. The zero-order chi connectivity index (χ0) is 12.4. The Hall–Kier alpha value is -0.810. The Morgan fingerprint density at radius 1 is 1.29 bits per heavy atom. The lowest BCUT2D eigenvalue weighted by Gasteiger charge is -2.43. The summed E-state index contributed by atoms with van der Waals surface area (Å²) in [5.74, 6) is 0. The molecule has 98 valence electrons. The number of piperazine rings is 1. The Morgan fingerprint density at radius 3 is 2.35 bits per heavy atom. The molecule has 1 saturated heterocycles. The highest BCUT2D eigenvalue weighted by molar-refractivity contribution is 5.69. The van der Waals surface area contributed by atoms with Crippen molar-refractivity contribution in [3.05, 3.63) is 0 Å². The molecule has 1 heterocycles. The van der Waals surface area contributed by atoms with Gasteiger partial charge in [0, 0.05) is 31.7 Å². The summed E-state index contributed by atoms with van der Waals surface area (Å²) in [5, 5.41) is 8.95. The Labute approximate surface area is 102 Å². The predicted octanol–water partition coefficient (Wildman–Crippen LogP) is 0.672. The highest BCUT2D eigenvalue weighted by atomic mass is 16.6. The van der Waals surface area contributed by atoms with Crippen LogP contribution in [0.15, 0.2) is 0 Å². The summed E-state index contributed by atoms with van der Waals surface area (Å²) < 4.78 is 5.36. The van der Waals surface area contributed by atoms with Crippen molar-refractivity contribution in [2.75, 3.05) is 26.2 Å². The standard InChI is InChI=1S/C12H22N2O3/c1-9-7-13(5-6-15)8-10(2)14(9)12(16)17-11-3-4-11/h9-11,15H,3-8H2,1-2H3/t9-,10+. The summed E-state index contributed by atoms with van der Waals surface area (Å²) in [5.41, 5.74) is 0. The average Bonchev–Trinajstić information content (AvgIpc) is 3.00. The van der Waals surface area contributed by atoms with Gasteiger partial charge in [0.25, 0.3) is 0 Å². The molecule has 1 saturated carbocycles. The van der Waals surface area contributed by atoms with Crippen LogP contribution in [0.1, 0.15) is 26.7 Å². The number of nitrogens with zero attached hydrogens (tertiary/aromatic N) is 2. The van der Waals surface area contributed by atoms with Gasteiger partial charge in [0.15, 0.2) is 0 Å². The number of aliphatic hydroxyl groups is 1. The Bertz CT molecular complexity index is 269. The molecular weight excluding hydrogens is 220 g/mol. The van der Waals surface area contributed by atoms with Crippen LogP contribution in [0, 0.1) is 0 Å². The minimum atomic E-state index is -0.170. The van der Waals surface area contributed by atoms with Crippen molar-refractivity contribution in [3.63, 3.8) is 0 Å². The minimum Gasteiger partial charge on any atom is -0.446 e. The van der Waals surface area contributed by atoms with Crippen molar-refractivity contribution < 1.29 is 14.6 Å². The minimum absolute atomic E-state index is 0.150. The van der Waals surface area contributed by atoms with Crippen LogP contribution in [0.5, 0.6) is 0 Å². The number of ether oxygens (including phenoxy) is 1. The molecule has 2 aliphatic rings. The second-order valence-corrected chi connectivity index (χ2v) is 5.17. The molecule has 0 aromatic carbocycles. The first-order valence-corrected chi connectivity index (χ1v) is 6.44. The van der Waals surface area contributed by atoms with E-state index in [1.807, 2.05) is 18.7 Å².